The number of phenolic OH excluding ortho intramolecular Hbond substituents is 3. The van der Waals surface area contributed by atoms with Crippen molar-refractivity contribution in [3.05, 3.63) is 18.2 Å². The van der Waals surface area contributed by atoms with E-state index in [1.54, 1.807) is 39.8 Å². The summed E-state index contributed by atoms with van der Waals surface area (Å²) < 4.78 is 17.8. The van der Waals surface area contributed by atoms with Gasteiger partial charge in [0.05, 0.1) is 53.9 Å². The van der Waals surface area contributed by atoms with E-state index in [2.05, 4.69) is 5.32 Å². The van der Waals surface area contributed by atoms with Crippen LogP contribution >= 0.6 is 0 Å². The highest BCUT2D eigenvalue weighted by atomic mass is 16.7. The third-order valence-corrected chi connectivity index (χ3v) is 7.91. The third kappa shape index (κ3) is 7.63. The summed E-state index contributed by atoms with van der Waals surface area (Å²) in [6, 6.07) is 0.0572. The number of amides is 1. The minimum absolute atomic E-state index is 0.00413. The number of phenols is 3. The number of hydrogen-bond acceptors (Lipinski definition) is 13. The predicted octanol–water partition coefficient (Wildman–Crippen LogP) is 0.360. The number of hydrogen-bond donors (Lipinski definition) is 10. The number of aliphatic hydroxyl groups excluding tert-OH is 3. The zero-order valence-electron chi connectivity index (χ0n) is 24.3. The molecule has 1 amide bonds. The van der Waals surface area contributed by atoms with Crippen LogP contribution in [0.5, 0.6) is 17.2 Å². The lowest BCUT2D eigenvalue weighted by Crippen LogP contribution is -2.61. The van der Waals surface area contributed by atoms with Crippen molar-refractivity contribution >= 4 is 17.3 Å². The maximum absolute atomic E-state index is 13.5. The molecule has 5 unspecified atom stereocenters. The minimum Gasteiger partial charge on any atom is -0.503 e. The monoisotopic (exact) mass is 599 g/mol. The van der Waals surface area contributed by atoms with E-state index in [1.165, 1.54) is 0 Å². The molecule has 14 heteroatoms. The SMILES string of the molecule is C/C=C/[C@@H](C[C@@H]1O[C@](O)(C[C@@H](O)C(C)C)CC[C@H]1C(=O)Nc1cc(N)c(O)c(O)c1O)OC1OC(C)C(O)C(N)C1O. The lowest BCUT2D eigenvalue weighted by atomic mass is 9.84. The first-order valence-electron chi connectivity index (χ1n) is 14.1. The molecule has 2 heterocycles. The molecule has 10 atom stereocenters. The largest absolute Gasteiger partial charge is 0.503 e. The summed E-state index contributed by atoms with van der Waals surface area (Å²) in [6.45, 7) is 6.91. The Morgan fingerprint density at radius 2 is 1.88 bits per heavy atom. The highest BCUT2D eigenvalue weighted by Gasteiger charge is 2.47. The molecule has 14 nitrogen and oxygen atoms in total. The van der Waals surface area contributed by atoms with E-state index in [1.807, 2.05) is 0 Å². The average Bonchev–Trinajstić information content (AvgIpc) is 2.92. The predicted molar refractivity (Wildman–Crippen MR) is 151 cm³/mol. The highest BCUT2D eigenvalue weighted by Crippen LogP contribution is 2.45. The average molecular weight is 600 g/mol. The molecule has 12 N–H and O–H groups in total. The Kier molecular flexibility index (Phi) is 11.1. The number of aromatic hydroxyl groups is 3. The Morgan fingerprint density at radius 3 is 2.50 bits per heavy atom. The van der Waals surface area contributed by atoms with E-state index in [9.17, 15) is 40.5 Å². The molecule has 0 radical (unpaired) electrons. The molecule has 0 saturated carbocycles. The van der Waals surface area contributed by atoms with Crippen LogP contribution in [0.3, 0.4) is 0 Å². The van der Waals surface area contributed by atoms with Crippen LogP contribution in [-0.2, 0) is 19.0 Å². The molecule has 2 aliphatic heterocycles. The van der Waals surface area contributed by atoms with Gasteiger partial charge in [0.25, 0.3) is 0 Å². The number of aliphatic hydroxyl groups is 4. The fourth-order valence-corrected chi connectivity index (χ4v) is 5.18. The van der Waals surface area contributed by atoms with Crippen LogP contribution in [0.15, 0.2) is 18.2 Å². The number of nitrogens with one attached hydrogen (secondary N) is 1. The van der Waals surface area contributed by atoms with Gasteiger partial charge in [-0.05, 0) is 32.3 Å². The van der Waals surface area contributed by atoms with Crippen molar-refractivity contribution in [2.24, 2.45) is 17.6 Å². The molecule has 0 bridgehead atoms. The van der Waals surface area contributed by atoms with Crippen LogP contribution in [0, 0.1) is 11.8 Å². The van der Waals surface area contributed by atoms with Crippen molar-refractivity contribution in [1.82, 2.24) is 0 Å². The van der Waals surface area contributed by atoms with Gasteiger partial charge in [0, 0.05) is 19.3 Å². The second kappa shape index (κ2) is 13.7. The number of carbonyl (C=O) groups excluding carboxylic acids is 1. The number of carbonyl (C=O) groups is 1. The van der Waals surface area contributed by atoms with Crippen LogP contribution in [0.4, 0.5) is 11.4 Å². The molecule has 238 valence electrons. The molecule has 3 rings (SSSR count). The first-order chi connectivity index (χ1) is 19.6. The molecule has 0 spiro atoms. The summed E-state index contributed by atoms with van der Waals surface area (Å²) in [5, 5.41) is 75.0. The minimum atomic E-state index is -1.77. The van der Waals surface area contributed by atoms with E-state index in [0.29, 0.717) is 0 Å². The van der Waals surface area contributed by atoms with Gasteiger partial charge in [0.15, 0.2) is 23.6 Å². The van der Waals surface area contributed by atoms with Crippen LogP contribution in [-0.4, -0.2) is 96.4 Å². The number of rotatable bonds is 10. The summed E-state index contributed by atoms with van der Waals surface area (Å²) in [4.78, 5) is 13.5. The molecule has 1 aromatic carbocycles. The second-order valence-electron chi connectivity index (χ2n) is 11.5. The number of allylic oxidation sites excluding steroid dienone is 1. The molecular formula is C28H45N3O11. The van der Waals surface area contributed by atoms with E-state index in [4.69, 9.17) is 25.7 Å². The van der Waals surface area contributed by atoms with Crippen LogP contribution in [0.2, 0.25) is 0 Å². The normalized spacial score (nSPS) is 33.5. The number of nitrogens with two attached hydrogens (primary N) is 2. The van der Waals surface area contributed by atoms with Gasteiger partial charge in [-0.1, -0.05) is 26.0 Å². The Morgan fingerprint density at radius 1 is 1.21 bits per heavy atom. The van der Waals surface area contributed by atoms with E-state index >= 15 is 0 Å². The summed E-state index contributed by atoms with van der Waals surface area (Å²) >= 11 is 0. The number of anilines is 2. The second-order valence-corrected chi connectivity index (χ2v) is 11.5. The van der Waals surface area contributed by atoms with Crippen LogP contribution < -0.4 is 16.8 Å². The van der Waals surface area contributed by atoms with Crippen molar-refractivity contribution in [3.63, 3.8) is 0 Å². The maximum atomic E-state index is 13.5. The van der Waals surface area contributed by atoms with Gasteiger partial charge in [0.2, 0.25) is 11.7 Å². The first-order valence-corrected chi connectivity index (χ1v) is 14.1. The van der Waals surface area contributed by atoms with E-state index in [0.717, 1.165) is 6.07 Å². The van der Waals surface area contributed by atoms with Gasteiger partial charge in [-0.3, -0.25) is 4.79 Å². The Labute approximate surface area is 244 Å². The van der Waals surface area contributed by atoms with Crippen molar-refractivity contribution in [1.29, 1.82) is 0 Å². The molecular weight excluding hydrogens is 554 g/mol. The van der Waals surface area contributed by atoms with Crippen LogP contribution in [0.25, 0.3) is 0 Å². The van der Waals surface area contributed by atoms with Gasteiger partial charge in [-0.15, -0.1) is 0 Å². The Bertz CT molecular complexity index is 1120. The molecule has 42 heavy (non-hydrogen) atoms. The molecule has 0 aliphatic carbocycles. The molecule has 2 fully saturated rings. The van der Waals surface area contributed by atoms with Gasteiger partial charge >= 0.3 is 0 Å². The van der Waals surface area contributed by atoms with Crippen molar-refractivity contribution < 1.29 is 54.8 Å². The van der Waals surface area contributed by atoms with Crippen molar-refractivity contribution in [3.8, 4) is 17.2 Å². The maximum Gasteiger partial charge on any atom is 0.230 e. The fourth-order valence-electron chi connectivity index (χ4n) is 5.18. The van der Waals surface area contributed by atoms with E-state index in [-0.39, 0.29) is 43.0 Å². The van der Waals surface area contributed by atoms with Crippen LogP contribution in [0.1, 0.15) is 53.4 Å². The highest BCUT2D eigenvalue weighted by molar-refractivity contribution is 5.96. The topological polar surface area (TPSA) is 250 Å². The van der Waals surface area contributed by atoms with Gasteiger partial charge in [-0.2, -0.15) is 0 Å². The third-order valence-electron chi connectivity index (χ3n) is 7.91. The van der Waals surface area contributed by atoms with Gasteiger partial charge in [0.1, 0.15) is 6.10 Å². The zero-order chi connectivity index (χ0) is 31.5. The number of nitrogen functional groups attached to an aromatic ring is 1. The van der Waals surface area contributed by atoms with Crippen molar-refractivity contribution in [2.75, 3.05) is 11.1 Å². The summed E-state index contributed by atoms with van der Waals surface area (Å²) in [5.41, 5.74) is 11.1. The standard InChI is InChI=1S/C28H45N3O11/c1-5-6-14(41-27-24(36)20(30)21(33)13(4)40-27)9-19-15(7-8-28(39,42-19)11-18(32)12(2)3)26(38)31-17-10-16(29)22(34)25(37)23(17)35/h5-6,10,12-15,18-21,24,27,32-37,39H,7-9,11,29-30H2,1-4H3,(H,31,38)/b6-5+/t13?,14-,15+,18+,19-,20?,21?,24?,27?,28-/m0/s1. The quantitative estimate of drug-likeness (QED) is 0.0756. The molecule has 2 aliphatic rings. The number of benzene rings is 1. The fraction of sp³-hybridized carbons (Fsp3) is 0.679. The molecule has 1 aromatic rings. The Balaban J connectivity index is 1.88. The zero-order valence-corrected chi connectivity index (χ0v) is 24.3. The lowest BCUT2D eigenvalue weighted by molar-refractivity contribution is -0.295. The lowest BCUT2D eigenvalue weighted by Gasteiger charge is -2.44. The van der Waals surface area contributed by atoms with Gasteiger partial charge < -0.3 is 66.7 Å². The summed E-state index contributed by atoms with van der Waals surface area (Å²) in [6.07, 6.45) is -3.79. The molecule has 2 saturated heterocycles. The van der Waals surface area contributed by atoms with E-state index < -0.39 is 83.8 Å². The van der Waals surface area contributed by atoms with Gasteiger partial charge in [-0.25, -0.2) is 0 Å². The first kappa shape index (κ1) is 33.8. The molecule has 0 aromatic heterocycles. The van der Waals surface area contributed by atoms with Crippen molar-refractivity contribution in [2.45, 2.75) is 108 Å². The Hall–Kier alpha value is -2.69. The smallest absolute Gasteiger partial charge is 0.230 e. The number of ether oxygens (including phenoxy) is 3. The summed E-state index contributed by atoms with van der Waals surface area (Å²) in [7, 11) is 0. The summed E-state index contributed by atoms with van der Waals surface area (Å²) in [5.74, 6) is -5.92.